The molecule has 144 valence electrons. The number of benzene rings is 2. The average molecular weight is 386 g/mol. The summed E-state index contributed by atoms with van der Waals surface area (Å²) in [5.41, 5.74) is 5.18. The van der Waals surface area contributed by atoms with Gasteiger partial charge in [0.05, 0.1) is 6.54 Å². The van der Waals surface area contributed by atoms with E-state index < -0.39 is 0 Å². The topological polar surface area (TPSA) is 35.6 Å². The third-order valence-electron chi connectivity index (χ3n) is 5.31. The summed E-state index contributed by atoms with van der Waals surface area (Å²) in [4.78, 5) is 16.9. The maximum Gasteiger partial charge on any atom is 0.234 e. The first-order valence-electron chi connectivity index (χ1n) is 9.57. The van der Waals surface area contributed by atoms with Gasteiger partial charge in [-0.15, -0.1) is 0 Å². The van der Waals surface area contributed by atoms with E-state index in [1.165, 1.54) is 22.4 Å². The van der Waals surface area contributed by atoms with E-state index >= 15 is 0 Å². The molecule has 3 rings (SSSR count). The van der Waals surface area contributed by atoms with Crippen LogP contribution < -0.4 is 10.2 Å². The van der Waals surface area contributed by atoms with E-state index in [0.29, 0.717) is 13.1 Å². The van der Waals surface area contributed by atoms with E-state index in [0.717, 1.165) is 37.6 Å². The van der Waals surface area contributed by atoms with Crippen molar-refractivity contribution in [1.29, 1.82) is 0 Å². The van der Waals surface area contributed by atoms with E-state index in [4.69, 9.17) is 11.6 Å². The van der Waals surface area contributed by atoms with Gasteiger partial charge in [-0.05, 0) is 55.2 Å². The lowest BCUT2D eigenvalue weighted by atomic mass is 10.1. The normalized spacial score (nSPS) is 15.0. The Bertz CT molecular complexity index is 768. The largest absolute Gasteiger partial charge is 0.369 e. The van der Waals surface area contributed by atoms with Gasteiger partial charge < -0.3 is 10.2 Å². The van der Waals surface area contributed by atoms with Crippen LogP contribution in [-0.4, -0.2) is 50.1 Å². The van der Waals surface area contributed by atoms with Crippen LogP contribution in [-0.2, 0) is 11.2 Å². The summed E-state index contributed by atoms with van der Waals surface area (Å²) < 4.78 is 0. The Morgan fingerprint density at radius 1 is 1.04 bits per heavy atom. The molecule has 1 aliphatic rings. The van der Waals surface area contributed by atoms with Crippen LogP contribution in [0, 0.1) is 13.8 Å². The highest BCUT2D eigenvalue weighted by Crippen LogP contribution is 2.23. The van der Waals surface area contributed by atoms with Crippen molar-refractivity contribution in [3.63, 3.8) is 0 Å². The molecule has 0 saturated carbocycles. The molecule has 0 radical (unpaired) electrons. The molecular formula is C22H28ClN3O. The van der Waals surface area contributed by atoms with Crippen molar-refractivity contribution in [1.82, 2.24) is 10.2 Å². The van der Waals surface area contributed by atoms with Crippen LogP contribution in [0.4, 0.5) is 5.69 Å². The van der Waals surface area contributed by atoms with E-state index in [9.17, 15) is 4.79 Å². The first-order chi connectivity index (χ1) is 13.0. The molecule has 0 bridgehead atoms. The number of anilines is 1. The number of carbonyl (C=O) groups excluding carboxylic acids is 1. The Morgan fingerprint density at radius 2 is 1.74 bits per heavy atom. The van der Waals surface area contributed by atoms with Crippen molar-refractivity contribution in [3.8, 4) is 0 Å². The second-order valence-electron chi connectivity index (χ2n) is 7.21. The summed E-state index contributed by atoms with van der Waals surface area (Å²) in [6, 6.07) is 14.2. The summed E-state index contributed by atoms with van der Waals surface area (Å²) in [5, 5.41) is 3.76. The van der Waals surface area contributed by atoms with Gasteiger partial charge in [0, 0.05) is 43.4 Å². The molecule has 1 aliphatic heterocycles. The predicted molar refractivity (Wildman–Crippen MR) is 113 cm³/mol. The molecule has 5 heteroatoms. The fraction of sp³-hybridized carbons (Fsp3) is 0.409. The van der Waals surface area contributed by atoms with Gasteiger partial charge in [-0.1, -0.05) is 35.9 Å². The molecular weight excluding hydrogens is 358 g/mol. The van der Waals surface area contributed by atoms with Crippen molar-refractivity contribution in [2.45, 2.75) is 20.3 Å². The number of nitrogens with zero attached hydrogens (tertiary/aromatic N) is 2. The second-order valence-corrected chi connectivity index (χ2v) is 7.65. The second kappa shape index (κ2) is 9.25. The number of rotatable bonds is 6. The molecule has 0 aliphatic carbocycles. The molecule has 4 nitrogen and oxygen atoms in total. The highest BCUT2D eigenvalue weighted by molar-refractivity contribution is 6.30. The van der Waals surface area contributed by atoms with Crippen LogP contribution in [0.25, 0.3) is 0 Å². The number of aryl methyl sites for hydroxylation is 1. The third kappa shape index (κ3) is 5.47. The van der Waals surface area contributed by atoms with E-state index in [1.807, 2.05) is 24.3 Å². The third-order valence-corrected chi connectivity index (χ3v) is 5.56. The van der Waals surface area contributed by atoms with Crippen LogP contribution in [0.1, 0.15) is 16.7 Å². The zero-order valence-electron chi connectivity index (χ0n) is 16.2. The Kier molecular flexibility index (Phi) is 6.75. The van der Waals surface area contributed by atoms with Gasteiger partial charge in [-0.25, -0.2) is 0 Å². The molecule has 0 unspecified atom stereocenters. The summed E-state index contributed by atoms with van der Waals surface area (Å²) >= 11 is 5.89. The van der Waals surface area contributed by atoms with E-state index in [1.54, 1.807) is 0 Å². The van der Waals surface area contributed by atoms with Crippen molar-refractivity contribution in [2.75, 3.05) is 44.2 Å². The Hall–Kier alpha value is -2.04. The van der Waals surface area contributed by atoms with Crippen molar-refractivity contribution in [2.24, 2.45) is 0 Å². The maximum atomic E-state index is 12.2. The zero-order chi connectivity index (χ0) is 19.2. The van der Waals surface area contributed by atoms with Crippen LogP contribution in [0.5, 0.6) is 0 Å². The van der Waals surface area contributed by atoms with Crippen LogP contribution in [0.2, 0.25) is 5.02 Å². The van der Waals surface area contributed by atoms with Crippen LogP contribution in [0.3, 0.4) is 0 Å². The minimum absolute atomic E-state index is 0.101. The minimum Gasteiger partial charge on any atom is -0.369 e. The average Bonchev–Trinajstić information content (AvgIpc) is 2.66. The molecule has 1 heterocycles. The maximum absolute atomic E-state index is 12.2. The number of hydrogen-bond acceptors (Lipinski definition) is 3. The fourth-order valence-electron chi connectivity index (χ4n) is 3.48. The van der Waals surface area contributed by atoms with Crippen molar-refractivity contribution in [3.05, 3.63) is 64.2 Å². The van der Waals surface area contributed by atoms with Crippen molar-refractivity contribution < 1.29 is 4.79 Å². The van der Waals surface area contributed by atoms with Gasteiger partial charge in [-0.2, -0.15) is 0 Å². The number of carbonyl (C=O) groups is 1. The van der Waals surface area contributed by atoms with Crippen LogP contribution >= 0.6 is 11.6 Å². The number of nitrogens with one attached hydrogen (secondary N) is 1. The van der Waals surface area contributed by atoms with E-state index in [2.05, 4.69) is 47.2 Å². The zero-order valence-corrected chi connectivity index (χ0v) is 16.9. The summed E-state index contributed by atoms with van der Waals surface area (Å²) in [7, 11) is 0. The SMILES string of the molecule is Cc1cccc(N2CCN(CC(=O)NCCc3ccc(Cl)cc3)CC2)c1C. The predicted octanol–water partition coefficient (Wildman–Crippen LogP) is 3.44. The standard InChI is InChI=1S/C22H28ClN3O/c1-17-4-3-5-21(18(17)2)26-14-12-25(13-15-26)16-22(27)24-11-10-19-6-8-20(23)9-7-19/h3-9H,10-16H2,1-2H3,(H,24,27). The number of halogens is 1. The molecule has 0 spiro atoms. The van der Waals surface area contributed by atoms with Gasteiger partial charge in [0.15, 0.2) is 0 Å². The van der Waals surface area contributed by atoms with Gasteiger partial charge in [0.25, 0.3) is 0 Å². The highest BCUT2D eigenvalue weighted by atomic mass is 35.5. The lowest BCUT2D eigenvalue weighted by Crippen LogP contribution is -2.49. The van der Waals surface area contributed by atoms with Gasteiger partial charge >= 0.3 is 0 Å². The van der Waals surface area contributed by atoms with Crippen LogP contribution in [0.15, 0.2) is 42.5 Å². The number of hydrogen-bond donors (Lipinski definition) is 1. The lowest BCUT2D eigenvalue weighted by Gasteiger charge is -2.36. The minimum atomic E-state index is 0.101. The molecule has 1 amide bonds. The summed E-state index contributed by atoms with van der Waals surface area (Å²) in [6.45, 7) is 9.22. The molecule has 1 saturated heterocycles. The number of piperazine rings is 1. The molecule has 1 fully saturated rings. The molecule has 0 atom stereocenters. The Morgan fingerprint density at radius 3 is 2.44 bits per heavy atom. The molecule has 2 aromatic carbocycles. The monoisotopic (exact) mass is 385 g/mol. The van der Waals surface area contributed by atoms with Gasteiger partial charge in [0.1, 0.15) is 0 Å². The summed E-state index contributed by atoms with van der Waals surface area (Å²) in [5.74, 6) is 0.101. The molecule has 2 aromatic rings. The highest BCUT2D eigenvalue weighted by Gasteiger charge is 2.20. The van der Waals surface area contributed by atoms with E-state index in [-0.39, 0.29) is 5.91 Å². The fourth-order valence-corrected chi connectivity index (χ4v) is 3.61. The van der Waals surface area contributed by atoms with Gasteiger partial charge in [-0.3, -0.25) is 9.69 Å². The van der Waals surface area contributed by atoms with Crippen molar-refractivity contribution >= 4 is 23.2 Å². The first kappa shape index (κ1) is 19.7. The van der Waals surface area contributed by atoms with Gasteiger partial charge in [0.2, 0.25) is 5.91 Å². The number of amides is 1. The quantitative estimate of drug-likeness (QED) is 0.827. The molecule has 1 N–H and O–H groups in total. The Labute approximate surface area is 167 Å². The lowest BCUT2D eigenvalue weighted by molar-refractivity contribution is -0.122. The first-order valence-corrected chi connectivity index (χ1v) is 9.95. The Balaban J connectivity index is 1.40. The smallest absolute Gasteiger partial charge is 0.234 e. The summed E-state index contributed by atoms with van der Waals surface area (Å²) in [6.07, 6.45) is 0.823. The molecule has 0 aromatic heterocycles. The molecule has 27 heavy (non-hydrogen) atoms.